The molecule has 1 aliphatic carbocycles. The molecule has 0 radical (unpaired) electrons. The van der Waals surface area contributed by atoms with Crippen molar-refractivity contribution >= 4 is 5.69 Å². The van der Waals surface area contributed by atoms with E-state index in [4.69, 9.17) is 10.00 Å². The minimum absolute atomic E-state index is 0.230. The second-order valence-electron chi connectivity index (χ2n) is 5.14. The lowest BCUT2D eigenvalue weighted by molar-refractivity contribution is -0.0241. The number of anilines is 1. The van der Waals surface area contributed by atoms with Gasteiger partial charge in [0, 0.05) is 37.6 Å². The molecule has 0 spiro atoms. The van der Waals surface area contributed by atoms with E-state index in [1.165, 1.54) is 12.8 Å². The van der Waals surface area contributed by atoms with Gasteiger partial charge in [0.2, 0.25) is 0 Å². The van der Waals surface area contributed by atoms with E-state index in [0.717, 1.165) is 38.0 Å². The third-order valence-corrected chi connectivity index (χ3v) is 3.64. The topological polar surface area (TPSA) is 61.2 Å². The molecule has 5 nitrogen and oxygen atoms in total. The van der Waals surface area contributed by atoms with E-state index in [9.17, 15) is 0 Å². The molecule has 1 unspecified atom stereocenters. The van der Waals surface area contributed by atoms with Gasteiger partial charge >= 0.3 is 0 Å². The fraction of sp³-hybridized carbons (Fsp3) is 0.571. The number of nitrogens with one attached hydrogen (secondary N) is 1. The monoisotopic (exact) mass is 258 g/mol. The molecule has 3 rings (SSSR count). The van der Waals surface area contributed by atoms with E-state index < -0.39 is 0 Å². The number of morpholine rings is 1. The van der Waals surface area contributed by atoms with Crippen molar-refractivity contribution in [1.82, 2.24) is 9.88 Å². The molecule has 5 heteroatoms. The van der Waals surface area contributed by atoms with Crippen molar-refractivity contribution in [1.29, 1.82) is 5.26 Å². The Morgan fingerprint density at radius 1 is 1.53 bits per heavy atom. The Balaban J connectivity index is 1.52. The molecule has 0 aromatic carbocycles. The quantitative estimate of drug-likeness (QED) is 0.880. The summed E-state index contributed by atoms with van der Waals surface area (Å²) in [7, 11) is 0. The van der Waals surface area contributed by atoms with Gasteiger partial charge in [-0.15, -0.1) is 0 Å². The minimum atomic E-state index is 0.230. The summed E-state index contributed by atoms with van der Waals surface area (Å²) in [6, 6.07) is 6.49. The lowest BCUT2D eigenvalue weighted by atomic mass is 10.2. The summed E-state index contributed by atoms with van der Waals surface area (Å²) in [6.07, 6.45) is 4.57. The Labute approximate surface area is 113 Å². The second kappa shape index (κ2) is 5.55. The summed E-state index contributed by atoms with van der Waals surface area (Å²) in [4.78, 5) is 6.49. The molecule has 0 amide bonds. The van der Waals surface area contributed by atoms with Crippen LogP contribution < -0.4 is 5.32 Å². The first-order valence-corrected chi connectivity index (χ1v) is 6.81. The van der Waals surface area contributed by atoms with Crippen LogP contribution >= 0.6 is 0 Å². The third kappa shape index (κ3) is 3.22. The van der Waals surface area contributed by atoms with Crippen LogP contribution in [0.5, 0.6) is 0 Å². The van der Waals surface area contributed by atoms with Crippen LogP contribution in [0.3, 0.4) is 0 Å². The van der Waals surface area contributed by atoms with Crippen LogP contribution in [0.1, 0.15) is 18.5 Å². The first-order valence-electron chi connectivity index (χ1n) is 6.81. The number of nitrogens with zero attached hydrogens (tertiary/aromatic N) is 3. The molecule has 2 fully saturated rings. The summed E-state index contributed by atoms with van der Waals surface area (Å²) in [5, 5.41) is 12.1. The highest BCUT2D eigenvalue weighted by molar-refractivity contribution is 5.45. The largest absolute Gasteiger partial charge is 0.382 e. The van der Waals surface area contributed by atoms with Crippen molar-refractivity contribution in [3.8, 4) is 6.07 Å². The molecular formula is C14H18N4O. The van der Waals surface area contributed by atoms with Gasteiger partial charge in [0.15, 0.2) is 0 Å². The third-order valence-electron chi connectivity index (χ3n) is 3.64. The van der Waals surface area contributed by atoms with Crippen molar-refractivity contribution in [2.75, 3.05) is 31.6 Å². The highest BCUT2D eigenvalue weighted by atomic mass is 16.5. The summed E-state index contributed by atoms with van der Waals surface area (Å²) >= 11 is 0. The van der Waals surface area contributed by atoms with Crippen molar-refractivity contribution < 1.29 is 4.74 Å². The number of hydrogen-bond acceptors (Lipinski definition) is 5. The highest BCUT2D eigenvalue weighted by Crippen LogP contribution is 2.28. The summed E-state index contributed by atoms with van der Waals surface area (Å²) in [6.45, 7) is 3.67. The van der Waals surface area contributed by atoms with Crippen molar-refractivity contribution in [3.63, 3.8) is 0 Å². The molecule has 100 valence electrons. The van der Waals surface area contributed by atoms with Crippen molar-refractivity contribution in [3.05, 3.63) is 24.0 Å². The fourth-order valence-corrected chi connectivity index (χ4v) is 2.47. The number of aromatic nitrogens is 1. The number of ether oxygens (including phenoxy) is 1. The zero-order valence-electron chi connectivity index (χ0n) is 10.9. The van der Waals surface area contributed by atoms with Crippen LogP contribution in [0.2, 0.25) is 0 Å². The fourth-order valence-electron chi connectivity index (χ4n) is 2.47. The van der Waals surface area contributed by atoms with Gasteiger partial charge in [-0.1, -0.05) is 0 Å². The molecule has 1 aromatic heterocycles. The number of pyridine rings is 1. The lowest BCUT2D eigenvalue weighted by Crippen LogP contribution is -2.46. The highest BCUT2D eigenvalue weighted by Gasteiger charge is 2.32. The van der Waals surface area contributed by atoms with Gasteiger partial charge in [-0.3, -0.25) is 4.90 Å². The predicted molar refractivity (Wildman–Crippen MR) is 71.8 cm³/mol. The molecule has 1 N–H and O–H groups in total. The molecule has 0 bridgehead atoms. The summed E-state index contributed by atoms with van der Waals surface area (Å²) in [5.74, 6) is 0. The molecule has 1 aliphatic heterocycles. The van der Waals surface area contributed by atoms with Gasteiger partial charge in [-0.05, 0) is 25.0 Å². The van der Waals surface area contributed by atoms with Gasteiger partial charge in [0.25, 0.3) is 0 Å². The molecule has 1 saturated heterocycles. The second-order valence-corrected chi connectivity index (χ2v) is 5.14. The molecule has 1 atom stereocenters. The zero-order valence-corrected chi connectivity index (χ0v) is 10.9. The Bertz CT molecular complexity index is 481. The van der Waals surface area contributed by atoms with Gasteiger partial charge in [-0.25, -0.2) is 4.98 Å². The minimum Gasteiger partial charge on any atom is -0.382 e. The molecule has 2 heterocycles. The Kier molecular flexibility index (Phi) is 3.62. The van der Waals surface area contributed by atoms with Crippen LogP contribution in [0.4, 0.5) is 5.69 Å². The van der Waals surface area contributed by atoms with Crippen LogP contribution in [-0.4, -0.2) is 48.3 Å². The van der Waals surface area contributed by atoms with Crippen LogP contribution in [0, 0.1) is 11.3 Å². The average molecular weight is 258 g/mol. The van der Waals surface area contributed by atoms with Gasteiger partial charge in [0.05, 0.1) is 12.7 Å². The Hall–Kier alpha value is -1.64. The first-order chi connectivity index (χ1) is 9.35. The van der Waals surface area contributed by atoms with Gasteiger partial charge in [-0.2, -0.15) is 5.26 Å². The zero-order chi connectivity index (χ0) is 13.1. The van der Waals surface area contributed by atoms with Crippen LogP contribution in [0.25, 0.3) is 0 Å². The molecule has 2 aliphatic rings. The van der Waals surface area contributed by atoms with E-state index >= 15 is 0 Å². The van der Waals surface area contributed by atoms with Crippen molar-refractivity contribution in [2.45, 2.75) is 25.0 Å². The molecule has 1 saturated carbocycles. The Morgan fingerprint density at radius 2 is 2.42 bits per heavy atom. The van der Waals surface area contributed by atoms with Crippen LogP contribution in [0.15, 0.2) is 18.3 Å². The maximum absolute atomic E-state index is 8.81. The first kappa shape index (κ1) is 12.4. The number of rotatable bonds is 4. The summed E-state index contributed by atoms with van der Waals surface area (Å²) in [5.41, 5.74) is 1.37. The van der Waals surface area contributed by atoms with Gasteiger partial charge in [0.1, 0.15) is 11.8 Å². The van der Waals surface area contributed by atoms with E-state index in [2.05, 4.69) is 15.2 Å². The smallest absolute Gasteiger partial charge is 0.142 e. The standard InChI is InChI=1S/C14H18N4O/c15-8-12-7-11(3-4-16-12)17-9-14-10-18(5-6-19-14)13-1-2-13/h3-4,7,13-14H,1-2,5-6,9-10H2,(H,16,17). The SMILES string of the molecule is N#Cc1cc(NCC2CN(C3CC3)CCO2)ccn1. The molecule has 19 heavy (non-hydrogen) atoms. The maximum atomic E-state index is 8.81. The average Bonchev–Trinajstić information content (AvgIpc) is 3.30. The Morgan fingerprint density at radius 3 is 3.21 bits per heavy atom. The number of hydrogen-bond donors (Lipinski definition) is 1. The van der Waals surface area contributed by atoms with E-state index in [0.29, 0.717) is 5.69 Å². The van der Waals surface area contributed by atoms with Crippen molar-refractivity contribution in [2.24, 2.45) is 0 Å². The molecule has 1 aromatic rings. The lowest BCUT2D eigenvalue weighted by Gasteiger charge is -2.33. The van der Waals surface area contributed by atoms with E-state index in [-0.39, 0.29) is 6.10 Å². The van der Waals surface area contributed by atoms with Crippen LogP contribution in [-0.2, 0) is 4.74 Å². The normalized spacial score (nSPS) is 23.8. The van der Waals surface area contributed by atoms with E-state index in [1.807, 2.05) is 12.1 Å². The summed E-state index contributed by atoms with van der Waals surface area (Å²) < 4.78 is 5.78. The van der Waals surface area contributed by atoms with Gasteiger partial charge < -0.3 is 10.1 Å². The predicted octanol–water partition coefficient (Wildman–Crippen LogP) is 1.23. The van der Waals surface area contributed by atoms with E-state index in [1.54, 1.807) is 12.3 Å². The maximum Gasteiger partial charge on any atom is 0.142 e. The number of nitriles is 1. The molecular weight excluding hydrogens is 240 g/mol.